The van der Waals surface area contributed by atoms with Crippen molar-refractivity contribution < 1.29 is 18.0 Å². The second kappa shape index (κ2) is 9.39. The molecule has 4 nitrogen and oxygen atoms in total. The van der Waals surface area contributed by atoms with Gasteiger partial charge in [-0.3, -0.25) is 14.7 Å². The molecule has 0 saturated carbocycles. The number of halogens is 3. The van der Waals surface area contributed by atoms with Crippen LogP contribution in [0.2, 0.25) is 0 Å². The first-order valence-corrected chi connectivity index (χ1v) is 11.0. The van der Waals surface area contributed by atoms with Crippen LogP contribution in [-0.4, -0.2) is 53.4 Å². The van der Waals surface area contributed by atoms with Gasteiger partial charge >= 0.3 is 6.18 Å². The van der Waals surface area contributed by atoms with Gasteiger partial charge in [0.1, 0.15) is 0 Å². The lowest BCUT2D eigenvalue weighted by Gasteiger charge is -2.33. The van der Waals surface area contributed by atoms with E-state index < -0.39 is 11.7 Å². The van der Waals surface area contributed by atoms with Crippen LogP contribution in [0.25, 0.3) is 0 Å². The van der Waals surface area contributed by atoms with Gasteiger partial charge in [0.25, 0.3) is 0 Å². The fourth-order valence-electron chi connectivity index (χ4n) is 4.55. The highest BCUT2D eigenvalue weighted by Gasteiger charge is 2.30. The molecule has 1 atom stereocenters. The first-order chi connectivity index (χ1) is 14.9. The van der Waals surface area contributed by atoms with Gasteiger partial charge in [0.05, 0.1) is 12.1 Å². The van der Waals surface area contributed by atoms with E-state index >= 15 is 0 Å². The van der Waals surface area contributed by atoms with E-state index in [0.717, 1.165) is 49.8 Å². The van der Waals surface area contributed by atoms with Crippen LogP contribution in [0.1, 0.15) is 54.0 Å². The Bertz CT molecular complexity index is 892. The van der Waals surface area contributed by atoms with Crippen molar-refractivity contribution in [2.75, 3.05) is 32.7 Å². The Balaban J connectivity index is 1.37. The summed E-state index contributed by atoms with van der Waals surface area (Å²) in [5.74, 6) is 0.409. The van der Waals surface area contributed by atoms with E-state index in [-0.39, 0.29) is 11.8 Å². The van der Waals surface area contributed by atoms with Crippen LogP contribution in [0.4, 0.5) is 13.2 Å². The molecule has 0 spiro atoms. The summed E-state index contributed by atoms with van der Waals surface area (Å²) in [5.41, 5.74) is 1.81. The fourth-order valence-corrected chi connectivity index (χ4v) is 4.55. The minimum Gasteiger partial charge on any atom is -0.341 e. The zero-order chi connectivity index (χ0) is 21.8. The maximum Gasteiger partial charge on any atom is 0.416 e. The molecule has 7 heteroatoms. The third kappa shape index (κ3) is 5.64. The standard InChI is InChI=1S/C24H28F3N3O/c25-24(26,27)21-7-3-5-18(14-21)13-19-8-9-22(28-15-19)20-6-4-12-30(16-20)23(31)17-29-10-1-2-11-29/h3,5,7-9,14-15,20H,1-2,4,6,10-13,16-17H2/t20-/m0/s1. The average Bonchev–Trinajstić information content (AvgIpc) is 3.27. The zero-order valence-electron chi connectivity index (χ0n) is 17.6. The summed E-state index contributed by atoms with van der Waals surface area (Å²) >= 11 is 0. The summed E-state index contributed by atoms with van der Waals surface area (Å²) in [6.45, 7) is 4.02. The molecular weight excluding hydrogens is 403 g/mol. The van der Waals surface area contributed by atoms with Gasteiger partial charge in [0, 0.05) is 30.9 Å². The molecule has 1 aromatic heterocycles. The number of carbonyl (C=O) groups excluding carboxylic acids is 1. The fraction of sp³-hybridized carbons (Fsp3) is 0.500. The molecule has 166 valence electrons. The van der Waals surface area contributed by atoms with Crippen molar-refractivity contribution in [1.82, 2.24) is 14.8 Å². The smallest absolute Gasteiger partial charge is 0.341 e. The van der Waals surface area contributed by atoms with Gasteiger partial charge in [0.15, 0.2) is 0 Å². The second-order valence-electron chi connectivity index (χ2n) is 8.63. The third-order valence-electron chi connectivity index (χ3n) is 6.26. The van der Waals surface area contributed by atoms with E-state index in [0.29, 0.717) is 25.1 Å². The highest BCUT2D eigenvalue weighted by molar-refractivity contribution is 5.78. The van der Waals surface area contributed by atoms with Crippen molar-refractivity contribution in [3.8, 4) is 0 Å². The molecule has 1 aromatic carbocycles. The predicted molar refractivity (Wildman–Crippen MR) is 113 cm³/mol. The number of pyridine rings is 1. The summed E-state index contributed by atoms with van der Waals surface area (Å²) in [5, 5.41) is 0. The summed E-state index contributed by atoms with van der Waals surface area (Å²) in [6, 6.07) is 9.32. The van der Waals surface area contributed by atoms with Gasteiger partial charge in [-0.2, -0.15) is 13.2 Å². The first-order valence-electron chi connectivity index (χ1n) is 11.0. The molecule has 2 aromatic rings. The van der Waals surface area contributed by atoms with Crippen molar-refractivity contribution in [2.45, 2.75) is 44.2 Å². The largest absolute Gasteiger partial charge is 0.416 e. The topological polar surface area (TPSA) is 36.4 Å². The number of hydrogen-bond acceptors (Lipinski definition) is 3. The van der Waals surface area contributed by atoms with Crippen molar-refractivity contribution >= 4 is 5.91 Å². The van der Waals surface area contributed by atoms with Crippen LogP contribution >= 0.6 is 0 Å². The number of carbonyl (C=O) groups is 1. The number of amides is 1. The molecule has 0 unspecified atom stereocenters. The lowest BCUT2D eigenvalue weighted by molar-refractivity contribution is -0.137. The number of piperidine rings is 1. The molecule has 2 aliphatic rings. The number of aromatic nitrogens is 1. The van der Waals surface area contributed by atoms with E-state index in [1.807, 2.05) is 17.0 Å². The SMILES string of the molecule is O=C(CN1CCCC1)N1CCC[C@H](c2ccc(Cc3cccc(C(F)(F)F)c3)cn2)C1. The number of benzene rings is 1. The molecule has 4 rings (SSSR count). The van der Waals surface area contributed by atoms with Crippen LogP contribution in [0.15, 0.2) is 42.6 Å². The van der Waals surface area contributed by atoms with Crippen molar-refractivity contribution in [3.05, 3.63) is 65.0 Å². The lowest BCUT2D eigenvalue weighted by Crippen LogP contribution is -2.44. The van der Waals surface area contributed by atoms with Gasteiger partial charge in [-0.15, -0.1) is 0 Å². The number of likely N-dealkylation sites (tertiary alicyclic amines) is 2. The van der Waals surface area contributed by atoms with E-state index in [4.69, 9.17) is 0 Å². The Morgan fingerprint density at radius 3 is 2.55 bits per heavy atom. The first kappa shape index (κ1) is 21.8. The van der Waals surface area contributed by atoms with Crippen LogP contribution in [0.5, 0.6) is 0 Å². The van der Waals surface area contributed by atoms with Crippen molar-refractivity contribution in [3.63, 3.8) is 0 Å². The third-order valence-corrected chi connectivity index (χ3v) is 6.26. The van der Waals surface area contributed by atoms with E-state index in [9.17, 15) is 18.0 Å². The molecule has 0 N–H and O–H groups in total. The van der Waals surface area contributed by atoms with Crippen molar-refractivity contribution in [1.29, 1.82) is 0 Å². The number of rotatable bonds is 5. The summed E-state index contributed by atoms with van der Waals surface area (Å²) < 4.78 is 38.8. The van der Waals surface area contributed by atoms with E-state index in [1.54, 1.807) is 12.3 Å². The maximum absolute atomic E-state index is 12.9. The molecule has 0 aliphatic carbocycles. The number of alkyl halides is 3. The molecule has 2 aliphatic heterocycles. The minimum atomic E-state index is -4.34. The Morgan fingerprint density at radius 1 is 1.03 bits per heavy atom. The van der Waals surface area contributed by atoms with E-state index in [1.165, 1.54) is 25.0 Å². The molecule has 1 amide bonds. The Hall–Kier alpha value is -2.41. The molecule has 2 saturated heterocycles. The molecule has 31 heavy (non-hydrogen) atoms. The number of hydrogen-bond donors (Lipinski definition) is 0. The van der Waals surface area contributed by atoms with Gasteiger partial charge < -0.3 is 4.90 Å². The van der Waals surface area contributed by atoms with Crippen molar-refractivity contribution in [2.24, 2.45) is 0 Å². The quantitative estimate of drug-likeness (QED) is 0.700. The predicted octanol–water partition coefficient (Wildman–Crippen LogP) is 4.49. The monoisotopic (exact) mass is 431 g/mol. The molecule has 0 bridgehead atoms. The summed E-state index contributed by atoms with van der Waals surface area (Å²) in [4.78, 5) is 21.5. The van der Waals surface area contributed by atoms with Gasteiger partial charge in [0.2, 0.25) is 5.91 Å². The Morgan fingerprint density at radius 2 is 1.84 bits per heavy atom. The molecule has 2 fully saturated rings. The maximum atomic E-state index is 12.9. The molecule has 0 radical (unpaired) electrons. The van der Waals surface area contributed by atoms with Crippen LogP contribution in [0, 0.1) is 0 Å². The normalized spacial score (nSPS) is 20.2. The summed E-state index contributed by atoms with van der Waals surface area (Å²) in [7, 11) is 0. The minimum absolute atomic E-state index is 0.202. The highest BCUT2D eigenvalue weighted by atomic mass is 19.4. The average molecular weight is 432 g/mol. The van der Waals surface area contributed by atoms with Crippen LogP contribution in [-0.2, 0) is 17.4 Å². The highest BCUT2D eigenvalue weighted by Crippen LogP contribution is 2.30. The van der Waals surface area contributed by atoms with E-state index in [2.05, 4.69) is 9.88 Å². The Labute approximate surface area is 181 Å². The lowest BCUT2D eigenvalue weighted by atomic mass is 9.93. The zero-order valence-corrected chi connectivity index (χ0v) is 17.6. The number of nitrogens with zero attached hydrogens (tertiary/aromatic N) is 3. The molecular formula is C24H28F3N3O. The Kier molecular flexibility index (Phi) is 6.60. The second-order valence-corrected chi connectivity index (χ2v) is 8.63. The molecule has 3 heterocycles. The van der Waals surface area contributed by atoms with Crippen LogP contribution < -0.4 is 0 Å². The summed E-state index contributed by atoms with van der Waals surface area (Å²) in [6.07, 6.45) is 2.12. The van der Waals surface area contributed by atoms with Gasteiger partial charge in [-0.05, 0) is 68.5 Å². The van der Waals surface area contributed by atoms with Gasteiger partial charge in [-0.25, -0.2) is 0 Å². The van der Waals surface area contributed by atoms with Crippen LogP contribution in [0.3, 0.4) is 0 Å². The van der Waals surface area contributed by atoms with Gasteiger partial charge in [-0.1, -0.05) is 24.3 Å².